The maximum atomic E-state index is 12.8. The Labute approximate surface area is 128 Å². The van der Waals surface area contributed by atoms with E-state index in [4.69, 9.17) is 0 Å². The van der Waals surface area contributed by atoms with E-state index >= 15 is 0 Å². The van der Waals surface area contributed by atoms with Crippen LogP contribution in [0.2, 0.25) is 0 Å². The van der Waals surface area contributed by atoms with Crippen molar-refractivity contribution in [2.75, 3.05) is 17.4 Å². The number of nitrogens with one attached hydrogen (secondary N) is 1. The molecule has 0 saturated heterocycles. The predicted octanol–water partition coefficient (Wildman–Crippen LogP) is 2.46. The van der Waals surface area contributed by atoms with E-state index in [0.717, 1.165) is 24.1 Å². The Balaban J connectivity index is 2.26. The van der Waals surface area contributed by atoms with E-state index in [1.807, 2.05) is 32.9 Å². The van der Waals surface area contributed by atoms with Crippen LogP contribution in [0.3, 0.4) is 0 Å². The summed E-state index contributed by atoms with van der Waals surface area (Å²) in [4.78, 5) is 0. The minimum Gasteiger partial charge on any atom is -0.313 e. The van der Waals surface area contributed by atoms with Crippen molar-refractivity contribution in [1.82, 2.24) is 5.32 Å². The average molecular weight is 310 g/mol. The fourth-order valence-corrected chi connectivity index (χ4v) is 4.26. The van der Waals surface area contributed by atoms with Gasteiger partial charge < -0.3 is 5.32 Å². The second kappa shape index (κ2) is 6.36. The first-order chi connectivity index (χ1) is 9.82. The minimum atomic E-state index is -3.31. The molecule has 0 radical (unpaired) electrons. The molecule has 2 rings (SSSR count). The molecule has 1 aliphatic heterocycles. The molecule has 0 fully saturated rings. The molecule has 1 aromatic rings. The number of aryl methyl sites for hydroxylation is 2. The molecule has 0 spiro atoms. The first kappa shape index (κ1) is 16.3. The Morgan fingerprint density at radius 1 is 1.29 bits per heavy atom. The molecule has 1 unspecified atom stereocenters. The van der Waals surface area contributed by atoms with Crippen LogP contribution in [0.1, 0.15) is 38.3 Å². The molecule has 1 aromatic carbocycles. The second-order valence-electron chi connectivity index (χ2n) is 6.23. The fourth-order valence-electron chi connectivity index (χ4n) is 2.68. The molecule has 1 heterocycles. The molecule has 0 saturated carbocycles. The first-order valence-corrected chi connectivity index (χ1v) is 9.17. The van der Waals surface area contributed by atoms with Crippen LogP contribution in [-0.2, 0) is 16.4 Å². The van der Waals surface area contributed by atoms with Crippen molar-refractivity contribution in [2.45, 2.75) is 51.8 Å². The van der Waals surface area contributed by atoms with Crippen LogP contribution in [0, 0.1) is 6.92 Å². The third kappa shape index (κ3) is 3.58. The molecule has 4 nitrogen and oxygen atoms in total. The highest BCUT2D eigenvalue weighted by atomic mass is 32.2. The summed E-state index contributed by atoms with van der Waals surface area (Å²) in [6.45, 7) is 8.95. The minimum absolute atomic E-state index is 0.291. The summed E-state index contributed by atoms with van der Waals surface area (Å²) in [5.74, 6) is 0. The van der Waals surface area contributed by atoms with Gasteiger partial charge in [-0.15, -0.1) is 0 Å². The molecule has 118 valence electrons. The van der Waals surface area contributed by atoms with Crippen LogP contribution < -0.4 is 9.62 Å². The van der Waals surface area contributed by atoms with E-state index < -0.39 is 15.3 Å². The topological polar surface area (TPSA) is 49.4 Å². The van der Waals surface area contributed by atoms with E-state index in [0.29, 0.717) is 19.1 Å². The summed E-state index contributed by atoms with van der Waals surface area (Å²) >= 11 is 0. The van der Waals surface area contributed by atoms with Crippen LogP contribution in [-0.4, -0.2) is 32.8 Å². The van der Waals surface area contributed by atoms with Crippen LogP contribution in [0.5, 0.6) is 0 Å². The van der Waals surface area contributed by atoms with E-state index in [1.54, 1.807) is 11.2 Å². The van der Waals surface area contributed by atoms with E-state index in [1.165, 1.54) is 5.56 Å². The quantitative estimate of drug-likeness (QED) is 0.909. The molecule has 0 aromatic heterocycles. The van der Waals surface area contributed by atoms with Gasteiger partial charge in [0.2, 0.25) is 10.0 Å². The van der Waals surface area contributed by atoms with Gasteiger partial charge in [0, 0.05) is 19.1 Å². The molecular weight excluding hydrogens is 284 g/mol. The van der Waals surface area contributed by atoms with Gasteiger partial charge in [0.1, 0.15) is 0 Å². The largest absolute Gasteiger partial charge is 0.313 e. The van der Waals surface area contributed by atoms with Gasteiger partial charge in [-0.1, -0.05) is 31.5 Å². The summed E-state index contributed by atoms with van der Waals surface area (Å²) in [6.07, 6.45) is 1.85. The number of anilines is 1. The summed E-state index contributed by atoms with van der Waals surface area (Å²) < 4.78 is 27.3. The van der Waals surface area contributed by atoms with Crippen molar-refractivity contribution >= 4 is 15.7 Å². The summed E-state index contributed by atoms with van der Waals surface area (Å²) in [5.41, 5.74) is 3.19. The number of sulfonamides is 1. The van der Waals surface area contributed by atoms with E-state index in [-0.39, 0.29) is 0 Å². The van der Waals surface area contributed by atoms with Crippen molar-refractivity contribution in [2.24, 2.45) is 0 Å². The fraction of sp³-hybridized carbons (Fsp3) is 0.625. The second-order valence-corrected chi connectivity index (χ2v) is 8.50. The van der Waals surface area contributed by atoms with Crippen LogP contribution in [0.15, 0.2) is 18.2 Å². The average Bonchev–Trinajstić information content (AvgIpc) is 2.43. The molecule has 1 aliphatic rings. The maximum Gasteiger partial charge on any atom is 0.239 e. The Morgan fingerprint density at radius 3 is 2.67 bits per heavy atom. The SMILES string of the molecule is Cc1ccc2c(c1)CCCN2S(=O)(=O)C(C)CNC(C)C. The zero-order valence-corrected chi connectivity index (χ0v) is 14.2. The Bertz CT molecular complexity index is 596. The molecule has 5 heteroatoms. The number of rotatable bonds is 5. The third-order valence-electron chi connectivity index (χ3n) is 3.94. The van der Waals surface area contributed by atoms with Gasteiger partial charge in [-0.25, -0.2) is 8.42 Å². The molecule has 0 aliphatic carbocycles. The number of nitrogens with zero attached hydrogens (tertiary/aromatic N) is 1. The van der Waals surface area contributed by atoms with Crippen molar-refractivity contribution in [3.8, 4) is 0 Å². The van der Waals surface area contributed by atoms with Crippen LogP contribution in [0.25, 0.3) is 0 Å². The van der Waals surface area contributed by atoms with Gasteiger partial charge in [-0.3, -0.25) is 4.31 Å². The molecule has 1 N–H and O–H groups in total. The highest BCUT2D eigenvalue weighted by Crippen LogP contribution is 2.31. The summed E-state index contributed by atoms with van der Waals surface area (Å²) in [7, 11) is -3.31. The monoisotopic (exact) mass is 310 g/mol. The Hall–Kier alpha value is -1.07. The van der Waals surface area contributed by atoms with Crippen molar-refractivity contribution in [3.05, 3.63) is 29.3 Å². The van der Waals surface area contributed by atoms with Crippen LogP contribution in [0.4, 0.5) is 5.69 Å². The van der Waals surface area contributed by atoms with Crippen molar-refractivity contribution in [1.29, 1.82) is 0 Å². The van der Waals surface area contributed by atoms with Crippen LogP contribution >= 0.6 is 0 Å². The van der Waals surface area contributed by atoms with Crippen molar-refractivity contribution < 1.29 is 8.42 Å². The predicted molar refractivity (Wildman–Crippen MR) is 88.4 cm³/mol. The first-order valence-electron chi connectivity index (χ1n) is 7.67. The van der Waals surface area contributed by atoms with Gasteiger partial charge in [0.15, 0.2) is 0 Å². The normalized spacial score (nSPS) is 16.9. The summed E-state index contributed by atoms with van der Waals surface area (Å²) in [5, 5.41) is 2.79. The lowest BCUT2D eigenvalue weighted by Gasteiger charge is -2.33. The molecule has 21 heavy (non-hydrogen) atoms. The van der Waals surface area contributed by atoms with Crippen molar-refractivity contribution in [3.63, 3.8) is 0 Å². The number of benzene rings is 1. The number of hydrogen-bond donors (Lipinski definition) is 1. The van der Waals surface area contributed by atoms with E-state index in [9.17, 15) is 8.42 Å². The lowest BCUT2D eigenvalue weighted by Crippen LogP contribution is -2.45. The third-order valence-corrected chi connectivity index (χ3v) is 6.12. The number of fused-ring (bicyclic) bond motifs is 1. The lowest BCUT2D eigenvalue weighted by atomic mass is 10.0. The zero-order chi connectivity index (χ0) is 15.6. The molecular formula is C16H26N2O2S. The van der Waals surface area contributed by atoms with Gasteiger partial charge in [0.25, 0.3) is 0 Å². The lowest BCUT2D eigenvalue weighted by molar-refractivity contribution is 0.545. The van der Waals surface area contributed by atoms with Gasteiger partial charge >= 0.3 is 0 Å². The number of hydrogen-bond acceptors (Lipinski definition) is 3. The highest BCUT2D eigenvalue weighted by molar-refractivity contribution is 7.93. The molecule has 0 amide bonds. The Kier molecular flexibility index (Phi) is 4.94. The zero-order valence-electron chi connectivity index (χ0n) is 13.4. The summed E-state index contributed by atoms with van der Waals surface area (Å²) in [6, 6.07) is 6.33. The van der Waals surface area contributed by atoms with Gasteiger partial charge in [-0.05, 0) is 38.3 Å². The van der Waals surface area contributed by atoms with Gasteiger partial charge in [-0.2, -0.15) is 0 Å². The highest BCUT2D eigenvalue weighted by Gasteiger charge is 2.32. The maximum absolute atomic E-state index is 12.8. The molecule has 0 bridgehead atoms. The van der Waals surface area contributed by atoms with E-state index in [2.05, 4.69) is 11.4 Å². The Morgan fingerprint density at radius 2 is 2.00 bits per heavy atom. The standard InChI is InChI=1S/C16H26N2O2S/c1-12(2)17-11-14(4)21(19,20)18-9-5-6-15-10-13(3)7-8-16(15)18/h7-8,10,12,14,17H,5-6,9,11H2,1-4H3. The smallest absolute Gasteiger partial charge is 0.239 e. The van der Waals surface area contributed by atoms with Gasteiger partial charge in [0.05, 0.1) is 10.9 Å². The molecule has 1 atom stereocenters.